The number of hydrogen-bond acceptors (Lipinski definition) is 5. The van der Waals surface area contributed by atoms with Crippen molar-refractivity contribution in [2.45, 2.75) is 6.92 Å². The Hall–Kier alpha value is -2.74. The van der Waals surface area contributed by atoms with E-state index in [0.717, 1.165) is 5.56 Å². The van der Waals surface area contributed by atoms with Crippen molar-refractivity contribution < 1.29 is 14.2 Å². The second kappa shape index (κ2) is 7.00. The lowest BCUT2D eigenvalue weighted by Gasteiger charge is -2.08. The van der Waals surface area contributed by atoms with Gasteiger partial charge in [0.2, 0.25) is 5.88 Å². The average molecular weight is 270 g/mol. The lowest BCUT2D eigenvalue weighted by molar-refractivity contribution is 0.191. The van der Waals surface area contributed by atoms with Gasteiger partial charge in [-0.3, -0.25) is 0 Å². The normalized spacial score (nSPS) is 9.60. The van der Waals surface area contributed by atoms with E-state index in [2.05, 4.69) is 9.72 Å². The highest BCUT2D eigenvalue weighted by molar-refractivity contribution is 5.35. The Balaban J connectivity index is 1.95. The van der Waals surface area contributed by atoms with Gasteiger partial charge in [-0.15, -0.1) is 0 Å². The van der Waals surface area contributed by atoms with Gasteiger partial charge in [0.15, 0.2) is 0 Å². The van der Waals surface area contributed by atoms with Crippen molar-refractivity contribution in [3.63, 3.8) is 0 Å². The SMILES string of the molecule is Cc1ccc(Oc2cccc(OCCOC#N)c2)nc1. The van der Waals surface area contributed by atoms with Gasteiger partial charge in [-0.25, -0.2) is 4.98 Å². The molecule has 1 heterocycles. The number of hydrogen-bond donors (Lipinski definition) is 0. The number of aromatic nitrogens is 1. The lowest BCUT2D eigenvalue weighted by atomic mass is 10.3. The zero-order valence-electron chi connectivity index (χ0n) is 11.1. The molecule has 1 aromatic carbocycles. The molecule has 20 heavy (non-hydrogen) atoms. The van der Waals surface area contributed by atoms with E-state index in [9.17, 15) is 0 Å². The Morgan fingerprint density at radius 2 is 2.00 bits per heavy atom. The summed E-state index contributed by atoms with van der Waals surface area (Å²) in [7, 11) is 0. The first-order chi connectivity index (χ1) is 9.78. The number of rotatable bonds is 6. The van der Waals surface area contributed by atoms with E-state index >= 15 is 0 Å². The van der Waals surface area contributed by atoms with Gasteiger partial charge in [-0.05, 0) is 24.6 Å². The minimum atomic E-state index is 0.223. The first-order valence-corrected chi connectivity index (χ1v) is 6.12. The van der Waals surface area contributed by atoms with Gasteiger partial charge < -0.3 is 14.2 Å². The maximum atomic E-state index is 8.24. The standard InChI is InChI=1S/C15H14N2O3/c1-12-5-6-15(17-10-12)20-14-4-2-3-13(9-14)19-8-7-18-11-16/h2-6,9-10H,7-8H2,1H3. The first kappa shape index (κ1) is 13.7. The van der Waals surface area contributed by atoms with E-state index < -0.39 is 0 Å². The Bertz CT molecular complexity index is 591. The molecule has 0 spiro atoms. The largest absolute Gasteiger partial charge is 0.490 e. The smallest absolute Gasteiger partial charge is 0.286 e. The molecule has 0 aliphatic carbocycles. The van der Waals surface area contributed by atoms with Gasteiger partial charge in [0.05, 0.1) is 0 Å². The summed E-state index contributed by atoms with van der Waals surface area (Å²) < 4.78 is 15.6. The predicted molar refractivity (Wildman–Crippen MR) is 72.6 cm³/mol. The number of benzene rings is 1. The summed E-state index contributed by atoms with van der Waals surface area (Å²) in [6.45, 7) is 2.50. The van der Waals surface area contributed by atoms with Crippen LogP contribution in [0.25, 0.3) is 0 Å². The topological polar surface area (TPSA) is 64.4 Å². The number of pyridine rings is 1. The quantitative estimate of drug-likeness (QED) is 0.596. The highest BCUT2D eigenvalue weighted by atomic mass is 16.5. The summed E-state index contributed by atoms with van der Waals surface area (Å²) >= 11 is 0. The van der Waals surface area contributed by atoms with Crippen molar-refractivity contribution in [3.8, 4) is 23.6 Å². The highest BCUT2D eigenvalue weighted by Crippen LogP contribution is 2.23. The molecule has 5 nitrogen and oxygen atoms in total. The van der Waals surface area contributed by atoms with Crippen molar-refractivity contribution >= 4 is 0 Å². The Kier molecular flexibility index (Phi) is 4.79. The van der Waals surface area contributed by atoms with Crippen LogP contribution in [0.5, 0.6) is 17.4 Å². The second-order valence-corrected chi connectivity index (χ2v) is 4.04. The van der Waals surface area contributed by atoms with Gasteiger partial charge in [-0.1, -0.05) is 12.1 Å². The summed E-state index contributed by atoms with van der Waals surface area (Å²) in [6.07, 6.45) is 3.33. The molecular formula is C15H14N2O3. The minimum absolute atomic E-state index is 0.223. The van der Waals surface area contributed by atoms with Gasteiger partial charge in [0, 0.05) is 18.3 Å². The van der Waals surface area contributed by atoms with Crippen LogP contribution < -0.4 is 9.47 Å². The van der Waals surface area contributed by atoms with Crippen molar-refractivity contribution in [1.29, 1.82) is 5.26 Å². The predicted octanol–water partition coefficient (Wildman–Crippen LogP) is 3.06. The molecule has 0 saturated carbocycles. The summed E-state index contributed by atoms with van der Waals surface area (Å²) in [5.41, 5.74) is 1.08. The number of aryl methyl sites for hydroxylation is 1. The molecule has 1 aromatic heterocycles. The maximum absolute atomic E-state index is 8.24. The Morgan fingerprint density at radius 1 is 1.15 bits per heavy atom. The Labute approximate surface area is 117 Å². The minimum Gasteiger partial charge on any atom is -0.490 e. The molecule has 0 saturated heterocycles. The summed E-state index contributed by atoms with van der Waals surface area (Å²) in [5.74, 6) is 1.82. The summed E-state index contributed by atoms with van der Waals surface area (Å²) in [4.78, 5) is 4.17. The molecule has 102 valence electrons. The number of nitrogens with zero attached hydrogens (tertiary/aromatic N) is 2. The van der Waals surface area contributed by atoms with E-state index in [1.807, 2.05) is 37.3 Å². The van der Waals surface area contributed by atoms with Gasteiger partial charge in [0.25, 0.3) is 6.26 Å². The van der Waals surface area contributed by atoms with Crippen molar-refractivity contribution in [3.05, 3.63) is 48.2 Å². The highest BCUT2D eigenvalue weighted by Gasteiger charge is 2.01. The van der Waals surface area contributed by atoms with Crippen LogP contribution in [0.15, 0.2) is 42.6 Å². The molecule has 0 aliphatic rings. The molecule has 5 heteroatoms. The fourth-order valence-corrected chi connectivity index (χ4v) is 1.51. The molecule has 0 fully saturated rings. The third-order valence-corrected chi connectivity index (χ3v) is 2.43. The Morgan fingerprint density at radius 3 is 2.75 bits per heavy atom. The first-order valence-electron chi connectivity index (χ1n) is 6.12. The van der Waals surface area contributed by atoms with Crippen LogP contribution >= 0.6 is 0 Å². The van der Waals surface area contributed by atoms with Crippen LogP contribution in [-0.2, 0) is 4.74 Å². The van der Waals surface area contributed by atoms with E-state index in [-0.39, 0.29) is 6.61 Å². The fraction of sp³-hybridized carbons (Fsp3) is 0.200. The molecule has 0 bridgehead atoms. The van der Waals surface area contributed by atoms with E-state index in [1.165, 1.54) is 0 Å². The fourth-order valence-electron chi connectivity index (χ4n) is 1.51. The molecule has 0 atom stereocenters. The van der Waals surface area contributed by atoms with E-state index in [1.54, 1.807) is 18.5 Å². The van der Waals surface area contributed by atoms with E-state index in [0.29, 0.717) is 24.0 Å². The molecule has 2 aromatic rings. The summed E-state index contributed by atoms with van der Waals surface area (Å²) in [6, 6.07) is 10.9. The average Bonchev–Trinajstić information content (AvgIpc) is 2.47. The zero-order chi connectivity index (χ0) is 14.2. The number of ether oxygens (including phenoxy) is 3. The van der Waals surface area contributed by atoms with Crippen LogP contribution in [-0.4, -0.2) is 18.2 Å². The third kappa shape index (κ3) is 4.18. The molecule has 0 amide bonds. The second-order valence-electron chi connectivity index (χ2n) is 4.04. The molecule has 2 rings (SSSR count). The molecule has 0 aliphatic heterocycles. The van der Waals surface area contributed by atoms with Crippen LogP contribution in [0.2, 0.25) is 0 Å². The lowest BCUT2D eigenvalue weighted by Crippen LogP contribution is -2.03. The van der Waals surface area contributed by atoms with Gasteiger partial charge in [-0.2, -0.15) is 5.26 Å². The van der Waals surface area contributed by atoms with E-state index in [4.69, 9.17) is 14.7 Å². The third-order valence-electron chi connectivity index (χ3n) is 2.43. The zero-order valence-corrected chi connectivity index (χ0v) is 11.1. The van der Waals surface area contributed by atoms with Gasteiger partial charge >= 0.3 is 0 Å². The molecular weight excluding hydrogens is 256 g/mol. The molecule has 0 N–H and O–H groups in total. The van der Waals surface area contributed by atoms with Crippen molar-refractivity contribution in [1.82, 2.24) is 4.98 Å². The van der Waals surface area contributed by atoms with Gasteiger partial charge in [0.1, 0.15) is 24.7 Å². The molecule has 0 unspecified atom stereocenters. The monoisotopic (exact) mass is 270 g/mol. The number of nitriles is 1. The van der Waals surface area contributed by atoms with Crippen LogP contribution in [0, 0.1) is 18.4 Å². The van der Waals surface area contributed by atoms with Crippen LogP contribution in [0.3, 0.4) is 0 Å². The van der Waals surface area contributed by atoms with Crippen molar-refractivity contribution in [2.75, 3.05) is 13.2 Å². The van der Waals surface area contributed by atoms with Crippen molar-refractivity contribution in [2.24, 2.45) is 0 Å². The molecule has 0 radical (unpaired) electrons. The van der Waals surface area contributed by atoms with Crippen LogP contribution in [0.1, 0.15) is 5.56 Å². The van der Waals surface area contributed by atoms with Crippen LogP contribution in [0.4, 0.5) is 0 Å². The maximum Gasteiger partial charge on any atom is 0.286 e. The summed E-state index contributed by atoms with van der Waals surface area (Å²) in [5, 5.41) is 8.24.